The number of carbonyl (C=O) groups is 2. The van der Waals surface area contributed by atoms with Crippen molar-refractivity contribution in [2.24, 2.45) is 0 Å². The summed E-state index contributed by atoms with van der Waals surface area (Å²) < 4.78 is 15.4. The van der Waals surface area contributed by atoms with Gasteiger partial charge in [-0.2, -0.15) is 0 Å². The molecule has 1 N–H and O–H groups in total. The first-order valence-electron chi connectivity index (χ1n) is 8.13. The molecule has 0 aliphatic heterocycles. The Bertz CT molecular complexity index is 772. The number of hydrogen-bond donors (Lipinski definition) is 1. The topological polar surface area (TPSA) is 93.9 Å². The van der Waals surface area contributed by atoms with Gasteiger partial charge in [0.2, 0.25) is 11.8 Å². The molecule has 8 heteroatoms. The summed E-state index contributed by atoms with van der Waals surface area (Å²) in [4.78, 5) is 25.3. The molecular weight excluding hydrogens is 338 g/mol. The summed E-state index contributed by atoms with van der Waals surface area (Å²) >= 11 is 0. The minimum atomic E-state index is -0.174. The van der Waals surface area contributed by atoms with Crippen molar-refractivity contribution in [2.75, 3.05) is 32.2 Å². The van der Waals surface area contributed by atoms with Gasteiger partial charge in [0, 0.05) is 26.1 Å². The van der Waals surface area contributed by atoms with Crippen LogP contribution in [0.15, 0.2) is 28.8 Å². The molecule has 2 rings (SSSR count). The van der Waals surface area contributed by atoms with Gasteiger partial charge in [0.1, 0.15) is 5.76 Å². The third kappa shape index (κ3) is 4.98. The average molecular weight is 361 g/mol. The maximum Gasteiger partial charge on any atom is 0.225 e. The molecule has 8 nitrogen and oxygen atoms in total. The van der Waals surface area contributed by atoms with Crippen molar-refractivity contribution in [2.45, 2.75) is 20.3 Å². The largest absolute Gasteiger partial charge is 0.493 e. The smallest absolute Gasteiger partial charge is 0.225 e. The van der Waals surface area contributed by atoms with Crippen LogP contribution in [-0.2, 0) is 16.0 Å². The molecule has 1 aromatic carbocycles. The van der Waals surface area contributed by atoms with Crippen LogP contribution in [0.2, 0.25) is 0 Å². The molecule has 0 aliphatic rings. The number of aryl methyl sites for hydroxylation is 1. The predicted octanol–water partition coefficient (Wildman–Crippen LogP) is 1.71. The zero-order chi connectivity index (χ0) is 19.1. The van der Waals surface area contributed by atoms with E-state index in [1.807, 2.05) is 0 Å². The molecule has 0 atom stereocenters. The third-order valence-corrected chi connectivity index (χ3v) is 3.74. The average Bonchev–Trinajstić information content (AvgIpc) is 3.04. The second kappa shape index (κ2) is 8.89. The number of nitrogens with one attached hydrogen (secondary N) is 1. The SMILES string of the molecule is COc1ccc(CC(=O)NCCN(C(C)=O)c2cc(C)on2)cc1OC. The molecule has 0 unspecified atom stereocenters. The number of rotatable bonds is 8. The normalized spacial score (nSPS) is 10.3. The first kappa shape index (κ1) is 19.3. The number of benzene rings is 1. The van der Waals surface area contributed by atoms with E-state index in [0.29, 0.717) is 36.2 Å². The highest BCUT2D eigenvalue weighted by atomic mass is 16.5. The Morgan fingerprint density at radius 3 is 2.50 bits per heavy atom. The molecule has 1 aromatic heterocycles. The van der Waals surface area contributed by atoms with Crippen molar-refractivity contribution >= 4 is 17.6 Å². The first-order chi connectivity index (χ1) is 12.4. The van der Waals surface area contributed by atoms with Gasteiger partial charge in [-0.3, -0.25) is 14.5 Å². The van der Waals surface area contributed by atoms with Crippen molar-refractivity contribution < 1.29 is 23.6 Å². The number of nitrogens with zero attached hydrogens (tertiary/aromatic N) is 2. The van der Waals surface area contributed by atoms with Crippen LogP contribution in [0.1, 0.15) is 18.2 Å². The van der Waals surface area contributed by atoms with Gasteiger partial charge in [0.15, 0.2) is 17.3 Å². The minimum Gasteiger partial charge on any atom is -0.493 e. The van der Waals surface area contributed by atoms with Crippen LogP contribution in [0, 0.1) is 6.92 Å². The summed E-state index contributed by atoms with van der Waals surface area (Å²) in [6.45, 7) is 3.80. The van der Waals surface area contributed by atoms with E-state index in [-0.39, 0.29) is 18.2 Å². The van der Waals surface area contributed by atoms with E-state index in [9.17, 15) is 9.59 Å². The van der Waals surface area contributed by atoms with Crippen LogP contribution >= 0.6 is 0 Å². The number of aromatic nitrogens is 1. The van der Waals surface area contributed by atoms with Gasteiger partial charge in [0.25, 0.3) is 0 Å². The highest BCUT2D eigenvalue weighted by Crippen LogP contribution is 2.27. The molecular formula is C18H23N3O5. The number of amides is 2. The van der Waals surface area contributed by atoms with E-state index in [2.05, 4.69) is 10.5 Å². The van der Waals surface area contributed by atoms with E-state index in [1.54, 1.807) is 45.4 Å². The van der Waals surface area contributed by atoms with Crippen LogP contribution in [0.3, 0.4) is 0 Å². The van der Waals surface area contributed by atoms with Gasteiger partial charge in [-0.25, -0.2) is 0 Å². The molecule has 0 radical (unpaired) electrons. The highest BCUT2D eigenvalue weighted by molar-refractivity contribution is 5.90. The fraction of sp³-hybridized carbons (Fsp3) is 0.389. The van der Waals surface area contributed by atoms with Crippen molar-refractivity contribution in [3.8, 4) is 11.5 Å². The third-order valence-electron chi connectivity index (χ3n) is 3.74. The molecule has 140 valence electrons. The monoisotopic (exact) mass is 361 g/mol. The van der Waals surface area contributed by atoms with Crippen LogP contribution in [0.4, 0.5) is 5.82 Å². The maximum absolute atomic E-state index is 12.1. The van der Waals surface area contributed by atoms with Gasteiger partial charge < -0.3 is 19.3 Å². The molecule has 0 saturated heterocycles. The van der Waals surface area contributed by atoms with E-state index in [1.165, 1.54) is 11.8 Å². The van der Waals surface area contributed by atoms with Gasteiger partial charge in [0.05, 0.1) is 20.6 Å². The lowest BCUT2D eigenvalue weighted by molar-refractivity contribution is -0.121. The van der Waals surface area contributed by atoms with E-state index in [4.69, 9.17) is 14.0 Å². The van der Waals surface area contributed by atoms with Crippen molar-refractivity contribution in [1.29, 1.82) is 0 Å². The zero-order valence-electron chi connectivity index (χ0n) is 15.4. The van der Waals surface area contributed by atoms with Crippen LogP contribution in [0.5, 0.6) is 11.5 Å². The Morgan fingerprint density at radius 2 is 1.92 bits per heavy atom. The molecule has 0 bridgehead atoms. The molecule has 0 aliphatic carbocycles. The lowest BCUT2D eigenvalue weighted by atomic mass is 10.1. The minimum absolute atomic E-state index is 0.156. The van der Waals surface area contributed by atoms with Crippen LogP contribution in [-0.4, -0.2) is 44.3 Å². The second-order valence-corrected chi connectivity index (χ2v) is 5.68. The molecule has 0 saturated carbocycles. The van der Waals surface area contributed by atoms with E-state index >= 15 is 0 Å². The first-order valence-corrected chi connectivity index (χ1v) is 8.13. The van der Waals surface area contributed by atoms with Crippen LogP contribution < -0.4 is 19.7 Å². The second-order valence-electron chi connectivity index (χ2n) is 5.68. The summed E-state index contributed by atoms with van der Waals surface area (Å²) in [5.41, 5.74) is 0.802. The molecule has 0 fully saturated rings. The summed E-state index contributed by atoms with van der Waals surface area (Å²) in [6, 6.07) is 7.00. The Labute approximate surface area is 152 Å². The Hall–Kier alpha value is -3.03. The highest BCUT2D eigenvalue weighted by Gasteiger charge is 2.16. The van der Waals surface area contributed by atoms with Crippen molar-refractivity contribution in [1.82, 2.24) is 10.5 Å². The lowest BCUT2D eigenvalue weighted by Gasteiger charge is -2.17. The fourth-order valence-electron chi connectivity index (χ4n) is 2.46. The maximum atomic E-state index is 12.1. The zero-order valence-corrected chi connectivity index (χ0v) is 15.4. The van der Waals surface area contributed by atoms with Crippen molar-refractivity contribution in [3.05, 3.63) is 35.6 Å². The van der Waals surface area contributed by atoms with E-state index in [0.717, 1.165) is 5.56 Å². The molecule has 2 amide bonds. The van der Waals surface area contributed by atoms with Crippen LogP contribution in [0.25, 0.3) is 0 Å². The summed E-state index contributed by atoms with van der Waals surface area (Å²) in [5.74, 6) is 1.90. The molecule has 0 spiro atoms. The Kier molecular flexibility index (Phi) is 6.60. The molecule has 1 heterocycles. The van der Waals surface area contributed by atoms with Gasteiger partial charge in [-0.1, -0.05) is 11.2 Å². The summed E-state index contributed by atoms with van der Waals surface area (Å²) in [5, 5.41) is 6.63. The molecule has 2 aromatic rings. The number of methoxy groups -OCH3 is 2. The number of carbonyl (C=O) groups excluding carboxylic acids is 2. The lowest BCUT2D eigenvalue weighted by Crippen LogP contribution is -2.38. The standard InChI is InChI=1S/C18H23N3O5/c1-12-9-17(20-26-12)21(13(2)22)8-7-19-18(23)11-14-5-6-15(24-3)16(10-14)25-4/h5-6,9-10H,7-8,11H2,1-4H3,(H,19,23). The molecule has 26 heavy (non-hydrogen) atoms. The van der Waals surface area contributed by atoms with Gasteiger partial charge >= 0.3 is 0 Å². The quantitative estimate of drug-likeness (QED) is 0.769. The van der Waals surface area contributed by atoms with Gasteiger partial charge in [-0.15, -0.1) is 0 Å². The predicted molar refractivity (Wildman–Crippen MR) is 95.5 cm³/mol. The fourth-order valence-corrected chi connectivity index (χ4v) is 2.46. The number of ether oxygens (including phenoxy) is 2. The Morgan fingerprint density at radius 1 is 1.19 bits per heavy atom. The number of anilines is 1. The van der Waals surface area contributed by atoms with E-state index < -0.39 is 0 Å². The number of hydrogen-bond acceptors (Lipinski definition) is 6. The summed E-state index contributed by atoms with van der Waals surface area (Å²) in [7, 11) is 3.10. The summed E-state index contributed by atoms with van der Waals surface area (Å²) in [6.07, 6.45) is 0.198. The Balaban J connectivity index is 1.89. The van der Waals surface area contributed by atoms with Gasteiger partial charge in [-0.05, 0) is 24.6 Å². The van der Waals surface area contributed by atoms with Crippen molar-refractivity contribution in [3.63, 3.8) is 0 Å².